The molecule has 0 aromatic carbocycles. The van der Waals surface area contributed by atoms with Gasteiger partial charge in [-0.2, -0.15) is 4.31 Å². The summed E-state index contributed by atoms with van der Waals surface area (Å²) in [6.07, 6.45) is 7.62. The molecule has 2 saturated carbocycles. The number of hydrogen-bond acceptors (Lipinski definition) is 3. The highest BCUT2D eigenvalue weighted by atomic mass is 32.2. The Balaban J connectivity index is 1.54. The molecule has 1 saturated heterocycles. The molecule has 0 aromatic rings. The summed E-state index contributed by atoms with van der Waals surface area (Å²) >= 11 is 0. The fourth-order valence-electron chi connectivity index (χ4n) is 4.33. The Hall–Kier alpha value is -0.200. The van der Waals surface area contributed by atoms with Crippen molar-refractivity contribution in [2.75, 3.05) is 26.2 Å². The van der Waals surface area contributed by atoms with Crippen molar-refractivity contribution in [1.29, 1.82) is 0 Å². The molecule has 3 aliphatic rings. The Morgan fingerprint density at radius 1 is 0.818 bits per heavy atom. The van der Waals surface area contributed by atoms with Gasteiger partial charge in [0.2, 0.25) is 10.0 Å². The summed E-state index contributed by atoms with van der Waals surface area (Å²) in [6, 6.07) is 0.322. The van der Waals surface area contributed by atoms with E-state index >= 15 is 0 Å². The number of rotatable bonds is 3. The number of piperazine rings is 1. The first-order valence-electron chi connectivity index (χ1n) is 8.94. The van der Waals surface area contributed by atoms with Crippen LogP contribution in [0.1, 0.15) is 57.8 Å². The topological polar surface area (TPSA) is 40.6 Å². The number of hydrogen-bond donors (Lipinski definition) is 0. The molecule has 2 unspecified atom stereocenters. The van der Waals surface area contributed by atoms with Crippen LogP contribution in [0.25, 0.3) is 0 Å². The van der Waals surface area contributed by atoms with Crippen LogP contribution in [0.4, 0.5) is 4.39 Å². The predicted molar refractivity (Wildman–Crippen MR) is 86.1 cm³/mol. The molecule has 0 radical (unpaired) electrons. The van der Waals surface area contributed by atoms with Crippen LogP contribution in [0.2, 0.25) is 0 Å². The zero-order chi connectivity index (χ0) is 15.6. The maximum atomic E-state index is 13.6. The SMILES string of the molecule is O=S(=O)(C1CCCCC1)N1CCN(C2CCCC(F)C2)CC1. The van der Waals surface area contributed by atoms with Crippen LogP contribution in [0.3, 0.4) is 0 Å². The second kappa shape index (κ2) is 7.14. The number of sulfonamides is 1. The van der Waals surface area contributed by atoms with E-state index in [-0.39, 0.29) is 5.25 Å². The molecule has 4 nitrogen and oxygen atoms in total. The lowest BCUT2D eigenvalue weighted by atomic mass is 9.92. The molecule has 6 heteroatoms. The highest BCUT2D eigenvalue weighted by Crippen LogP contribution is 2.29. The Labute approximate surface area is 134 Å². The van der Waals surface area contributed by atoms with E-state index < -0.39 is 16.2 Å². The van der Waals surface area contributed by atoms with Crippen LogP contribution in [0.5, 0.6) is 0 Å². The minimum atomic E-state index is -3.12. The molecule has 2 aliphatic carbocycles. The van der Waals surface area contributed by atoms with E-state index in [2.05, 4.69) is 4.90 Å². The molecular formula is C16H29FN2O2S. The Kier molecular flexibility index (Phi) is 5.40. The predicted octanol–water partition coefficient (Wildman–Crippen LogP) is 2.55. The van der Waals surface area contributed by atoms with Gasteiger partial charge in [0, 0.05) is 32.2 Å². The third-order valence-electron chi connectivity index (χ3n) is 5.71. The molecule has 22 heavy (non-hydrogen) atoms. The molecule has 0 bridgehead atoms. The highest BCUT2D eigenvalue weighted by Gasteiger charge is 2.36. The second-order valence-corrected chi connectivity index (χ2v) is 9.37. The van der Waals surface area contributed by atoms with Gasteiger partial charge in [0.1, 0.15) is 6.17 Å². The minimum Gasteiger partial charge on any atom is -0.298 e. The maximum absolute atomic E-state index is 13.6. The average Bonchev–Trinajstić information content (AvgIpc) is 2.56. The van der Waals surface area contributed by atoms with E-state index in [9.17, 15) is 12.8 Å². The molecule has 0 aromatic heterocycles. The van der Waals surface area contributed by atoms with Gasteiger partial charge < -0.3 is 0 Å². The van der Waals surface area contributed by atoms with E-state index in [1.807, 2.05) is 0 Å². The molecule has 1 heterocycles. The lowest BCUT2D eigenvalue weighted by Crippen LogP contribution is -2.54. The standard InChI is InChI=1S/C16H29FN2O2S/c17-14-5-4-6-15(13-14)18-9-11-19(12-10-18)22(20,21)16-7-2-1-3-8-16/h14-16H,1-13H2. The van der Waals surface area contributed by atoms with Crippen LogP contribution in [-0.4, -0.2) is 61.3 Å². The van der Waals surface area contributed by atoms with Crippen molar-refractivity contribution in [2.24, 2.45) is 0 Å². The smallest absolute Gasteiger partial charge is 0.217 e. The van der Waals surface area contributed by atoms with Crippen LogP contribution in [0, 0.1) is 0 Å². The van der Waals surface area contributed by atoms with Gasteiger partial charge in [-0.05, 0) is 38.5 Å². The Morgan fingerprint density at radius 3 is 2.14 bits per heavy atom. The first kappa shape index (κ1) is 16.7. The average molecular weight is 332 g/mol. The zero-order valence-electron chi connectivity index (χ0n) is 13.4. The molecular weight excluding hydrogens is 303 g/mol. The Morgan fingerprint density at radius 2 is 1.50 bits per heavy atom. The highest BCUT2D eigenvalue weighted by molar-refractivity contribution is 7.89. The van der Waals surface area contributed by atoms with Gasteiger partial charge in [0.25, 0.3) is 0 Å². The summed E-state index contributed by atoms with van der Waals surface area (Å²) < 4.78 is 40.7. The molecule has 0 spiro atoms. The quantitative estimate of drug-likeness (QED) is 0.797. The van der Waals surface area contributed by atoms with Crippen molar-refractivity contribution in [2.45, 2.75) is 75.3 Å². The summed E-state index contributed by atoms with van der Waals surface area (Å²) in [7, 11) is -3.12. The monoisotopic (exact) mass is 332 g/mol. The summed E-state index contributed by atoms with van der Waals surface area (Å²) in [4.78, 5) is 2.32. The van der Waals surface area contributed by atoms with E-state index in [1.54, 1.807) is 4.31 Å². The van der Waals surface area contributed by atoms with Crippen molar-refractivity contribution < 1.29 is 12.8 Å². The molecule has 0 N–H and O–H groups in total. The summed E-state index contributed by atoms with van der Waals surface area (Å²) in [5, 5.41) is -0.155. The summed E-state index contributed by atoms with van der Waals surface area (Å²) in [5.41, 5.74) is 0. The van der Waals surface area contributed by atoms with E-state index in [4.69, 9.17) is 0 Å². The van der Waals surface area contributed by atoms with Gasteiger partial charge in [0.05, 0.1) is 5.25 Å². The lowest BCUT2D eigenvalue weighted by Gasteiger charge is -2.41. The van der Waals surface area contributed by atoms with Gasteiger partial charge in [-0.25, -0.2) is 12.8 Å². The number of alkyl halides is 1. The van der Waals surface area contributed by atoms with Gasteiger partial charge in [-0.15, -0.1) is 0 Å². The first-order valence-corrected chi connectivity index (χ1v) is 10.4. The van der Waals surface area contributed by atoms with Crippen molar-refractivity contribution in [3.8, 4) is 0 Å². The van der Waals surface area contributed by atoms with Crippen LogP contribution in [0.15, 0.2) is 0 Å². The van der Waals surface area contributed by atoms with Crippen molar-refractivity contribution in [3.05, 3.63) is 0 Å². The Bertz CT molecular complexity index is 457. The fourth-order valence-corrected chi connectivity index (χ4v) is 6.36. The normalized spacial score (nSPS) is 33.9. The van der Waals surface area contributed by atoms with Gasteiger partial charge in [-0.1, -0.05) is 19.3 Å². The van der Waals surface area contributed by atoms with Gasteiger partial charge in [-0.3, -0.25) is 4.90 Å². The van der Waals surface area contributed by atoms with E-state index in [0.717, 1.165) is 51.6 Å². The molecule has 3 rings (SSSR count). The van der Waals surface area contributed by atoms with Crippen LogP contribution in [-0.2, 0) is 10.0 Å². The van der Waals surface area contributed by atoms with Crippen molar-refractivity contribution in [3.63, 3.8) is 0 Å². The maximum Gasteiger partial charge on any atom is 0.217 e. The van der Waals surface area contributed by atoms with Crippen LogP contribution >= 0.6 is 0 Å². The lowest BCUT2D eigenvalue weighted by molar-refractivity contribution is 0.0813. The first-order chi connectivity index (χ1) is 10.6. The summed E-state index contributed by atoms with van der Waals surface area (Å²) in [5.74, 6) is 0. The van der Waals surface area contributed by atoms with Gasteiger partial charge in [0.15, 0.2) is 0 Å². The van der Waals surface area contributed by atoms with Crippen molar-refractivity contribution in [1.82, 2.24) is 9.21 Å². The third-order valence-corrected chi connectivity index (χ3v) is 8.10. The van der Waals surface area contributed by atoms with Gasteiger partial charge >= 0.3 is 0 Å². The largest absolute Gasteiger partial charge is 0.298 e. The fraction of sp³-hybridized carbons (Fsp3) is 1.00. The summed E-state index contributed by atoms with van der Waals surface area (Å²) in [6.45, 7) is 2.71. The van der Waals surface area contributed by atoms with Crippen molar-refractivity contribution >= 4 is 10.0 Å². The van der Waals surface area contributed by atoms with E-state index in [0.29, 0.717) is 32.0 Å². The minimum absolute atomic E-state index is 0.155. The third kappa shape index (κ3) is 3.65. The number of nitrogens with zero attached hydrogens (tertiary/aromatic N) is 2. The molecule has 2 atom stereocenters. The molecule has 128 valence electrons. The molecule has 1 aliphatic heterocycles. The second-order valence-electron chi connectivity index (χ2n) is 7.16. The molecule has 0 amide bonds. The molecule has 3 fully saturated rings. The van der Waals surface area contributed by atoms with Crippen LogP contribution < -0.4 is 0 Å². The van der Waals surface area contributed by atoms with E-state index in [1.165, 1.54) is 6.42 Å². The zero-order valence-corrected chi connectivity index (χ0v) is 14.2. The number of halogens is 1.